The fraction of sp³-hybridized carbons (Fsp3) is 0.143. The van der Waals surface area contributed by atoms with Crippen molar-refractivity contribution in [1.29, 1.82) is 0 Å². The van der Waals surface area contributed by atoms with Crippen molar-refractivity contribution >= 4 is 0 Å². The molecule has 1 aliphatic rings. The van der Waals surface area contributed by atoms with E-state index in [1.54, 1.807) is 30.3 Å². The van der Waals surface area contributed by atoms with Crippen molar-refractivity contribution in [3.8, 4) is 11.1 Å². The Bertz CT molecular complexity index is 571. The van der Waals surface area contributed by atoms with E-state index in [4.69, 9.17) is 0 Å². The van der Waals surface area contributed by atoms with Crippen LogP contribution in [-0.4, -0.2) is 0 Å². The second-order valence-corrected chi connectivity index (χ2v) is 4.17. The highest BCUT2D eigenvalue weighted by molar-refractivity contribution is 5.79. The highest BCUT2D eigenvalue weighted by atomic mass is 19.3. The maximum Gasteiger partial charge on any atom is 0.299 e. The summed E-state index contributed by atoms with van der Waals surface area (Å²) in [6, 6.07) is 11.9. The molecule has 2 aromatic rings. The molecule has 0 N–H and O–H groups in total. The summed E-state index contributed by atoms with van der Waals surface area (Å²) in [7, 11) is 0. The SMILES string of the molecule is Cc1ccc2c(c1)C(F)(F)c1ccccc1-2. The predicted octanol–water partition coefficient (Wildman–Crippen LogP) is 4.12. The van der Waals surface area contributed by atoms with Gasteiger partial charge in [0, 0.05) is 11.1 Å². The molecule has 0 aromatic heterocycles. The van der Waals surface area contributed by atoms with Crippen LogP contribution in [-0.2, 0) is 5.92 Å². The smallest absolute Gasteiger partial charge is 0.196 e. The molecule has 0 atom stereocenters. The van der Waals surface area contributed by atoms with Gasteiger partial charge in [-0.15, -0.1) is 0 Å². The maximum absolute atomic E-state index is 14.1. The average Bonchev–Trinajstić information content (AvgIpc) is 2.49. The van der Waals surface area contributed by atoms with E-state index >= 15 is 0 Å². The molecule has 0 aliphatic heterocycles. The molecule has 0 amide bonds. The molecule has 0 spiro atoms. The Morgan fingerprint density at radius 3 is 2.38 bits per heavy atom. The Morgan fingerprint density at radius 2 is 1.56 bits per heavy atom. The summed E-state index contributed by atoms with van der Waals surface area (Å²) < 4.78 is 28.2. The van der Waals surface area contributed by atoms with E-state index < -0.39 is 5.92 Å². The number of halogens is 2. The van der Waals surface area contributed by atoms with Crippen molar-refractivity contribution in [2.75, 3.05) is 0 Å². The Hall–Kier alpha value is -1.70. The summed E-state index contributed by atoms with van der Waals surface area (Å²) in [5.41, 5.74) is 2.43. The molecule has 0 saturated carbocycles. The number of hydrogen-bond donors (Lipinski definition) is 0. The molecular formula is C14H10F2. The lowest BCUT2D eigenvalue weighted by Gasteiger charge is -2.12. The molecule has 3 rings (SSSR count). The molecule has 0 fully saturated rings. The molecule has 2 aromatic carbocycles. The van der Waals surface area contributed by atoms with Gasteiger partial charge < -0.3 is 0 Å². The number of alkyl halides is 2. The summed E-state index contributed by atoms with van der Waals surface area (Å²) >= 11 is 0. The van der Waals surface area contributed by atoms with Gasteiger partial charge in [0.25, 0.3) is 5.92 Å². The lowest BCUT2D eigenvalue weighted by Crippen LogP contribution is -2.10. The molecule has 0 saturated heterocycles. The first kappa shape index (κ1) is 9.52. The average molecular weight is 216 g/mol. The monoisotopic (exact) mass is 216 g/mol. The van der Waals surface area contributed by atoms with Gasteiger partial charge in [0.05, 0.1) is 0 Å². The normalized spacial score (nSPS) is 15.7. The van der Waals surface area contributed by atoms with Crippen LogP contribution < -0.4 is 0 Å². The van der Waals surface area contributed by atoms with Crippen LogP contribution in [0.3, 0.4) is 0 Å². The van der Waals surface area contributed by atoms with E-state index in [1.165, 1.54) is 6.07 Å². The second-order valence-electron chi connectivity index (χ2n) is 4.17. The van der Waals surface area contributed by atoms with Gasteiger partial charge >= 0.3 is 0 Å². The van der Waals surface area contributed by atoms with Crippen molar-refractivity contribution in [2.45, 2.75) is 12.8 Å². The molecule has 80 valence electrons. The van der Waals surface area contributed by atoms with Crippen molar-refractivity contribution < 1.29 is 8.78 Å². The summed E-state index contributed by atoms with van der Waals surface area (Å²) in [6.07, 6.45) is 0. The standard InChI is InChI=1S/C14H10F2/c1-9-6-7-11-10-4-2-3-5-12(10)14(15,16)13(11)8-9/h2-8H,1H3. The topological polar surface area (TPSA) is 0 Å². The lowest BCUT2D eigenvalue weighted by atomic mass is 10.0. The Balaban J connectivity index is 2.39. The molecule has 0 radical (unpaired) electrons. The largest absolute Gasteiger partial charge is 0.299 e. The predicted molar refractivity (Wildman–Crippen MR) is 59.6 cm³/mol. The first-order chi connectivity index (χ1) is 7.60. The van der Waals surface area contributed by atoms with Crippen LogP contribution in [0.2, 0.25) is 0 Å². The summed E-state index contributed by atoms with van der Waals surface area (Å²) in [5, 5.41) is 0. The molecule has 0 bridgehead atoms. The maximum atomic E-state index is 14.1. The third-order valence-electron chi connectivity index (χ3n) is 3.07. The summed E-state index contributed by atoms with van der Waals surface area (Å²) in [4.78, 5) is 0. The molecule has 0 heterocycles. The Labute approximate surface area is 92.5 Å². The molecule has 16 heavy (non-hydrogen) atoms. The third kappa shape index (κ3) is 1.07. The van der Waals surface area contributed by atoms with E-state index in [1.807, 2.05) is 13.0 Å². The van der Waals surface area contributed by atoms with Gasteiger partial charge in [-0.2, -0.15) is 8.78 Å². The van der Waals surface area contributed by atoms with Crippen LogP contribution >= 0.6 is 0 Å². The third-order valence-corrected chi connectivity index (χ3v) is 3.07. The quantitative estimate of drug-likeness (QED) is 0.621. The minimum atomic E-state index is -2.85. The van der Waals surface area contributed by atoms with Crippen molar-refractivity contribution in [3.05, 3.63) is 59.2 Å². The first-order valence-electron chi connectivity index (χ1n) is 5.19. The zero-order valence-corrected chi connectivity index (χ0v) is 8.80. The molecule has 0 nitrogen and oxygen atoms in total. The van der Waals surface area contributed by atoms with Gasteiger partial charge in [-0.05, 0) is 24.1 Å². The summed E-state index contributed by atoms with van der Waals surface area (Å²) in [6.45, 7) is 1.83. The van der Waals surface area contributed by atoms with Crippen molar-refractivity contribution in [3.63, 3.8) is 0 Å². The highest BCUT2D eigenvalue weighted by Gasteiger charge is 2.43. The van der Waals surface area contributed by atoms with Crippen LogP contribution in [0.1, 0.15) is 16.7 Å². The fourth-order valence-electron chi connectivity index (χ4n) is 2.29. The Morgan fingerprint density at radius 1 is 0.875 bits per heavy atom. The second kappa shape index (κ2) is 2.91. The van der Waals surface area contributed by atoms with E-state index in [2.05, 4.69) is 0 Å². The first-order valence-corrected chi connectivity index (χ1v) is 5.19. The summed E-state index contributed by atoms with van der Waals surface area (Å²) in [5.74, 6) is -2.85. The number of aryl methyl sites for hydroxylation is 1. The van der Waals surface area contributed by atoms with Crippen LogP contribution in [0.4, 0.5) is 8.78 Å². The van der Waals surface area contributed by atoms with E-state index in [0.717, 1.165) is 5.56 Å². The number of rotatable bonds is 0. The molecule has 1 aliphatic carbocycles. The van der Waals surface area contributed by atoms with Crippen molar-refractivity contribution in [2.24, 2.45) is 0 Å². The van der Waals surface area contributed by atoms with E-state index in [-0.39, 0.29) is 11.1 Å². The Kier molecular flexibility index (Phi) is 1.73. The van der Waals surface area contributed by atoms with Crippen LogP contribution in [0, 0.1) is 6.92 Å². The van der Waals surface area contributed by atoms with E-state index in [9.17, 15) is 8.78 Å². The highest BCUT2D eigenvalue weighted by Crippen LogP contribution is 2.50. The van der Waals surface area contributed by atoms with Gasteiger partial charge in [0.15, 0.2) is 0 Å². The number of hydrogen-bond acceptors (Lipinski definition) is 0. The van der Waals surface area contributed by atoms with Gasteiger partial charge in [-0.1, -0.05) is 42.0 Å². The molecule has 0 unspecified atom stereocenters. The minimum absolute atomic E-state index is 0.121. The van der Waals surface area contributed by atoms with Gasteiger partial charge in [0.1, 0.15) is 0 Å². The zero-order chi connectivity index (χ0) is 11.3. The van der Waals surface area contributed by atoms with Gasteiger partial charge in [0.2, 0.25) is 0 Å². The van der Waals surface area contributed by atoms with Gasteiger partial charge in [-0.25, -0.2) is 0 Å². The van der Waals surface area contributed by atoms with Crippen LogP contribution in [0.25, 0.3) is 11.1 Å². The number of benzene rings is 2. The molecular weight excluding hydrogens is 206 g/mol. The number of fused-ring (bicyclic) bond motifs is 3. The zero-order valence-electron chi connectivity index (χ0n) is 8.80. The minimum Gasteiger partial charge on any atom is -0.196 e. The van der Waals surface area contributed by atoms with E-state index in [0.29, 0.717) is 11.1 Å². The van der Waals surface area contributed by atoms with Gasteiger partial charge in [-0.3, -0.25) is 0 Å². The van der Waals surface area contributed by atoms with Crippen molar-refractivity contribution in [1.82, 2.24) is 0 Å². The van der Waals surface area contributed by atoms with Crippen LogP contribution in [0.5, 0.6) is 0 Å². The van der Waals surface area contributed by atoms with Crippen LogP contribution in [0.15, 0.2) is 42.5 Å². The molecule has 2 heteroatoms. The fourth-order valence-corrected chi connectivity index (χ4v) is 2.29. The lowest BCUT2D eigenvalue weighted by molar-refractivity contribution is 0.0479.